The highest BCUT2D eigenvalue weighted by molar-refractivity contribution is 5.28. The Morgan fingerprint density at radius 1 is 0.789 bits per heavy atom. The van der Waals surface area contributed by atoms with Gasteiger partial charge in [0.25, 0.3) is 0 Å². The highest BCUT2D eigenvalue weighted by Gasteiger charge is 2.48. The Bertz CT molecular complexity index is 915. The zero-order valence-corrected chi connectivity index (χ0v) is 24.9. The quantitative estimate of drug-likeness (QED) is 0.401. The monoisotopic (exact) mass is 530 g/mol. The molecule has 4 rings (SSSR count). The summed E-state index contributed by atoms with van der Waals surface area (Å²) in [4.78, 5) is 0. The van der Waals surface area contributed by atoms with Gasteiger partial charge in [-0.25, -0.2) is 0 Å². The lowest BCUT2D eigenvalue weighted by Crippen LogP contribution is -2.56. The number of benzene rings is 1. The molecule has 0 radical (unpaired) electrons. The van der Waals surface area contributed by atoms with E-state index in [0.717, 1.165) is 17.7 Å². The smallest absolute Gasteiger partial charge is 0.184 e. The summed E-state index contributed by atoms with van der Waals surface area (Å²) in [5.41, 5.74) is 0.997. The predicted molar refractivity (Wildman–Crippen MR) is 149 cm³/mol. The van der Waals surface area contributed by atoms with E-state index in [1.807, 2.05) is 44.2 Å². The molecule has 0 N–H and O–H groups in total. The van der Waals surface area contributed by atoms with Gasteiger partial charge in [-0.1, -0.05) is 59.8 Å². The number of methoxy groups -OCH3 is 1. The van der Waals surface area contributed by atoms with Gasteiger partial charge in [-0.2, -0.15) is 0 Å². The fourth-order valence-corrected chi connectivity index (χ4v) is 7.11. The van der Waals surface area contributed by atoms with E-state index in [2.05, 4.69) is 48.1 Å². The zero-order chi connectivity index (χ0) is 27.8. The summed E-state index contributed by atoms with van der Waals surface area (Å²) >= 11 is 0. The van der Waals surface area contributed by atoms with Crippen molar-refractivity contribution in [1.29, 1.82) is 0 Å². The summed E-state index contributed by atoms with van der Waals surface area (Å²) in [6.07, 6.45) is 2.45. The molecule has 6 heteroatoms. The molecule has 1 aromatic carbocycles. The van der Waals surface area contributed by atoms with Crippen molar-refractivity contribution >= 4 is 0 Å². The fraction of sp³-hybridized carbons (Fsp3) is 0.750. The van der Waals surface area contributed by atoms with Crippen molar-refractivity contribution in [3.05, 3.63) is 42.5 Å². The minimum atomic E-state index is -0.636. The summed E-state index contributed by atoms with van der Waals surface area (Å²) in [5, 5.41) is 0. The van der Waals surface area contributed by atoms with Crippen LogP contribution in [0.15, 0.2) is 36.9 Å². The minimum Gasteiger partial charge on any atom is -0.497 e. The molecule has 0 unspecified atom stereocenters. The SMILES string of the molecule is C=C[C@@H]1OC[C@H](C)[C@H]2OC(C)(C)O[C@H]([C@H]2C)[C@@H](C)C[C@@H](C)[C@@H]2O[C@H](c3ccc(OC)cc3)O[C@@H]([C@H]2C)[C@H]1C. The van der Waals surface area contributed by atoms with Crippen LogP contribution in [0.3, 0.4) is 0 Å². The van der Waals surface area contributed by atoms with E-state index < -0.39 is 12.1 Å². The largest absolute Gasteiger partial charge is 0.497 e. The molecule has 0 aromatic heterocycles. The summed E-state index contributed by atoms with van der Waals surface area (Å²) in [5.74, 6) is 1.58. The molecule has 3 heterocycles. The van der Waals surface area contributed by atoms with Crippen LogP contribution in [0.4, 0.5) is 0 Å². The summed E-state index contributed by atoms with van der Waals surface area (Å²) in [6, 6.07) is 7.99. The van der Waals surface area contributed by atoms with Crippen molar-refractivity contribution in [3.8, 4) is 5.75 Å². The second-order valence-corrected chi connectivity index (χ2v) is 12.6. The van der Waals surface area contributed by atoms with Gasteiger partial charge in [-0.15, -0.1) is 6.58 Å². The van der Waals surface area contributed by atoms with Crippen LogP contribution in [0.1, 0.15) is 73.7 Å². The van der Waals surface area contributed by atoms with Crippen molar-refractivity contribution in [2.45, 2.75) is 104 Å². The van der Waals surface area contributed by atoms with E-state index in [-0.39, 0.29) is 54.2 Å². The third-order valence-corrected chi connectivity index (χ3v) is 9.11. The minimum absolute atomic E-state index is 0.0250. The van der Waals surface area contributed by atoms with Crippen LogP contribution in [-0.4, -0.2) is 50.0 Å². The van der Waals surface area contributed by atoms with Gasteiger partial charge in [-0.05, 0) is 44.2 Å². The Kier molecular flexibility index (Phi) is 9.31. The molecule has 0 spiro atoms. The number of hydrogen-bond acceptors (Lipinski definition) is 6. The molecule has 214 valence electrons. The molecule has 0 aliphatic carbocycles. The van der Waals surface area contributed by atoms with Gasteiger partial charge < -0.3 is 28.4 Å². The second-order valence-electron chi connectivity index (χ2n) is 12.6. The molecule has 0 saturated carbocycles. The second kappa shape index (κ2) is 12.0. The predicted octanol–water partition coefficient (Wildman–Crippen LogP) is 6.79. The van der Waals surface area contributed by atoms with Crippen LogP contribution >= 0.6 is 0 Å². The number of ether oxygens (including phenoxy) is 6. The molecule has 1 aromatic rings. The van der Waals surface area contributed by atoms with Crippen LogP contribution in [0.25, 0.3) is 0 Å². The molecular weight excluding hydrogens is 480 g/mol. The van der Waals surface area contributed by atoms with E-state index in [0.29, 0.717) is 18.4 Å². The Morgan fingerprint density at radius 3 is 1.95 bits per heavy atom. The number of rotatable bonds is 3. The van der Waals surface area contributed by atoms with E-state index in [1.54, 1.807) is 7.11 Å². The molecule has 6 nitrogen and oxygen atoms in total. The normalized spacial score (nSPS) is 44.0. The first-order chi connectivity index (χ1) is 18.0. The Labute approximate surface area is 230 Å². The van der Waals surface area contributed by atoms with E-state index >= 15 is 0 Å². The standard InChI is InChI=1S/C32H50O6/c1-11-26-21(5)30-22(6)27(35-31(36-30)24-12-14-25(33-10)15-13-24)18(2)16-19(3)28-23(7)29(20(4)17-34-26)38-32(8,9)37-28/h11-15,18-23,26-31H,1,16-17H2,2-10H3/t18-,19+,20+,21+,22+,23-,26+,27+,28+,29-,30-,31+/m1/s1. The van der Waals surface area contributed by atoms with Gasteiger partial charge in [0.05, 0.1) is 44.2 Å². The van der Waals surface area contributed by atoms with E-state index in [9.17, 15) is 0 Å². The van der Waals surface area contributed by atoms with Gasteiger partial charge in [0.2, 0.25) is 0 Å². The summed E-state index contributed by atoms with van der Waals surface area (Å²) < 4.78 is 38.5. The van der Waals surface area contributed by atoms with Crippen molar-refractivity contribution < 1.29 is 28.4 Å². The van der Waals surface area contributed by atoms with Crippen molar-refractivity contribution in [2.75, 3.05) is 13.7 Å². The first kappa shape index (κ1) is 29.5. The third kappa shape index (κ3) is 6.15. The maximum Gasteiger partial charge on any atom is 0.184 e. The lowest BCUT2D eigenvalue weighted by Gasteiger charge is -2.50. The first-order valence-electron chi connectivity index (χ1n) is 14.5. The molecule has 3 saturated heterocycles. The van der Waals surface area contributed by atoms with E-state index in [1.165, 1.54) is 0 Å². The highest BCUT2D eigenvalue weighted by atomic mass is 16.7. The fourth-order valence-electron chi connectivity index (χ4n) is 7.11. The first-order valence-corrected chi connectivity index (χ1v) is 14.5. The van der Waals surface area contributed by atoms with Crippen LogP contribution < -0.4 is 4.74 Å². The Morgan fingerprint density at radius 2 is 1.34 bits per heavy atom. The molecule has 3 fully saturated rings. The molecule has 38 heavy (non-hydrogen) atoms. The van der Waals surface area contributed by atoms with Gasteiger partial charge in [0.1, 0.15) is 5.75 Å². The van der Waals surface area contributed by atoms with Crippen molar-refractivity contribution in [3.63, 3.8) is 0 Å². The summed E-state index contributed by atoms with van der Waals surface area (Å²) in [6.45, 7) is 22.4. The maximum atomic E-state index is 6.76. The maximum absolute atomic E-state index is 6.76. The van der Waals surface area contributed by atoms with Gasteiger partial charge in [-0.3, -0.25) is 0 Å². The lowest BCUT2D eigenvalue weighted by molar-refractivity contribution is -0.339. The molecule has 4 bridgehead atoms. The molecular formula is C32H50O6. The Hall–Kier alpha value is -1.44. The number of fused-ring (bicyclic) bond motifs is 4. The Balaban J connectivity index is 1.69. The van der Waals surface area contributed by atoms with Crippen LogP contribution in [0.5, 0.6) is 5.75 Å². The van der Waals surface area contributed by atoms with Crippen LogP contribution in [0.2, 0.25) is 0 Å². The van der Waals surface area contributed by atoms with Crippen LogP contribution in [-0.2, 0) is 23.7 Å². The third-order valence-electron chi connectivity index (χ3n) is 9.11. The average Bonchev–Trinajstić information content (AvgIpc) is 2.89. The lowest BCUT2D eigenvalue weighted by atomic mass is 9.75. The molecule has 3 aliphatic rings. The topological polar surface area (TPSA) is 55.4 Å². The molecule has 3 aliphatic heterocycles. The molecule has 12 atom stereocenters. The van der Waals surface area contributed by atoms with Crippen LogP contribution in [0, 0.1) is 35.5 Å². The summed E-state index contributed by atoms with van der Waals surface area (Å²) in [7, 11) is 1.68. The van der Waals surface area contributed by atoms with Gasteiger partial charge in [0, 0.05) is 29.2 Å². The van der Waals surface area contributed by atoms with Crippen molar-refractivity contribution in [1.82, 2.24) is 0 Å². The average molecular weight is 531 g/mol. The number of hydrogen-bond donors (Lipinski definition) is 0. The van der Waals surface area contributed by atoms with Crippen molar-refractivity contribution in [2.24, 2.45) is 35.5 Å². The highest BCUT2D eigenvalue weighted by Crippen LogP contribution is 2.44. The molecule has 0 amide bonds. The van der Waals surface area contributed by atoms with Gasteiger partial charge in [0.15, 0.2) is 12.1 Å². The van der Waals surface area contributed by atoms with Gasteiger partial charge >= 0.3 is 0 Å². The van der Waals surface area contributed by atoms with E-state index in [4.69, 9.17) is 28.4 Å². The zero-order valence-electron chi connectivity index (χ0n) is 24.9.